The van der Waals surface area contributed by atoms with E-state index in [1.807, 2.05) is 6.92 Å². The van der Waals surface area contributed by atoms with Crippen LogP contribution < -0.4 is 14.4 Å². The summed E-state index contributed by atoms with van der Waals surface area (Å²) in [4.78, 5) is 12.5. The molecule has 2 aromatic carbocycles. The van der Waals surface area contributed by atoms with Gasteiger partial charge in [-0.05, 0) is 50.2 Å². The molecule has 0 aliphatic rings. The summed E-state index contributed by atoms with van der Waals surface area (Å²) in [7, 11) is -3.86. The van der Waals surface area contributed by atoms with Crippen LogP contribution in [0.1, 0.15) is 13.8 Å². The highest BCUT2D eigenvalue weighted by Crippen LogP contribution is 2.25. The van der Waals surface area contributed by atoms with Crippen LogP contribution in [0.25, 0.3) is 0 Å². The fourth-order valence-electron chi connectivity index (χ4n) is 2.51. The second kappa shape index (κ2) is 8.34. The van der Waals surface area contributed by atoms with Gasteiger partial charge in [0.2, 0.25) is 15.9 Å². The van der Waals surface area contributed by atoms with Gasteiger partial charge in [-0.15, -0.1) is 0 Å². The Balaban J connectivity index is 2.32. The number of carbonyl (C=O) groups excluding carboxylic acids is 1. The molecule has 0 aliphatic heterocycles. The van der Waals surface area contributed by atoms with E-state index in [4.69, 9.17) is 4.74 Å². The molecule has 1 N–H and O–H groups in total. The van der Waals surface area contributed by atoms with Crippen LogP contribution in [0.3, 0.4) is 0 Å². The van der Waals surface area contributed by atoms with Gasteiger partial charge in [0.25, 0.3) is 0 Å². The van der Waals surface area contributed by atoms with E-state index in [1.165, 1.54) is 19.1 Å². The molecule has 1 amide bonds. The average Bonchev–Trinajstić information content (AvgIpc) is 2.59. The summed E-state index contributed by atoms with van der Waals surface area (Å²) < 4.78 is 58.2. The first-order valence-corrected chi connectivity index (χ1v) is 9.97. The maximum atomic E-state index is 13.7. The van der Waals surface area contributed by atoms with Crippen molar-refractivity contribution in [3.8, 4) is 5.75 Å². The standard InChI is InChI=1S/C18H20F2N2O4S/c1-4-26-14-10-8-13(9-11-14)22(27(3,24)25)12(2)18(23)21-17-15(19)6-5-7-16(17)20/h5-12H,4H2,1-3H3,(H,21,23)/t12-/m0/s1. The number of sulfonamides is 1. The summed E-state index contributed by atoms with van der Waals surface area (Å²) in [5, 5.41) is 2.11. The summed E-state index contributed by atoms with van der Waals surface area (Å²) in [6.07, 6.45) is 0.941. The van der Waals surface area contributed by atoms with Crippen molar-refractivity contribution in [1.29, 1.82) is 0 Å². The number of amides is 1. The number of para-hydroxylation sites is 1. The highest BCUT2D eigenvalue weighted by molar-refractivity contribution is 7.92. The molecule has 6 nitrogen and oxygen atoms in total. The average molecular weight is 398 g/mol. The van der Waals surface area contributed by atoms with Gasteiger partial charge in [-0.2, -0.15) is 0 Å². The highest BCUT2D eigenvalue weighted by atomic mass is 32.2. The van der Waals surface area contributed by atoms with Crippen LogP contribution in [-0.2, 0) is 14.8 Å². The largest absolute Gasteiger partial charge is 0.494 e. The first-order chi connectivity index (χ1) is 12.6. The van der Waals surface area contributed by atoms with E-state index in [-0.39, 0.29) is 5.69 Å². The van der Waals surface area contributed by atoms with E-state index in [0.29, 0.717) is 12.4 Å². The van der Waals surface area contributed by atoms with E-state index >= 15 is 0 Å². The number of nitrogens with one attached hydrogen (secondary N) is 1. The van der Waals surface area contributed by atoms with Crippen LogP contribution in [0, 0.1) is 11.6 Å². The molecule has 0 fully saturated rings. The van der Waals surface area contributed by atoms with Crippen molar-refractivity contribution in [2.75, 3.05) is 22.5 Å². The summed E-state index contributed by atoms with van der Waals surface area (Å²) in [5.74, 6) is -2.25. The van der Waals surface area contributed by atoms with Gasteiger partial charge in [0.15, 0.2) is 0 Å². The molecular formula is C18H20F2N2O4S. The molecule has 9 heteroatoms. The number of carbonyl (C=O) groups is 1. The summed E-state index contributed by atoms with van der Waals surface area (Å²) >= 11 is 0. The lowest BCUT2D eigenvalue weighted by atomic mass is 10.2. The second-order valence-electron chi connectivity index (χ2n) is 5.75. The molecule has 0 bridgehead atoms. The van der Waals surface area contributed by atoms with Crippen LogP contribution in [0.2, 0.25) is 0 Å². The molecule has 146 valence electrons. The van der Waals surface area contributed by atoms with Crippen molar-refractivity contribution in [2.45, 2.75) is 19.9 Å². The minimum Gasteiger partial charge on any atom is -0.494 e. The number of halogens is 2. The summed E-state index contributed by atoms with van der Waals surface area (Å²) in [6.45, 7) is 3.58. The molecule has 2 rings (SSSR count). The Hall–Kier alpha value is -2.68. The van der Waals surface area contributed by atoms with Crippen molar-refractivity contribution in [2.24, 2.45) is 0 Å². The molecule has 0 radical (unpaired) electrons. The number of ether oxygens (including phenoxy) is 1. The van der Waals surface area contributed by atoms with Crippen molar-refractivity contribution < 1.29 is 26.7 Å². The molecule has 0 saturated carbocycles. The SMILES string of the molecule is CCOc1ccc(N([C@@H](C)C(=O)Nc2c(F)cccc2F)S(C)(=O)=O)cc1. The van der Waals surface area contributed by atoms with E-state index < -0.39 is 39.3 Å². The zero-order valence-electron chi connectivity index (χ0n) is 15.1. The Bertz CT molecular complexity index is 897. The fraction of sp³-hybridized carbons (Fsp3) is 0.278. The number of rotatable bonds is 7. The third-order valence-corrected chi connectivity index (χ3v) is 4.94. The maximum absolute atomic E-state index is 13.7. The molecule has 0 saturated heterocycles. The van der Waals surface area contributed by atoms with Gasteiger partial charge in [0.1, 0.15) is 29.1 Å². The molecule has 0 heterocycles. The zero-order valence-corrected chi connectivity index (χ0v) is 15.9. The van der Waals surface area contributed by atoms with Crippen LogP contribution in [0.15, 0.2) is 42.5 Å². The van der Waals surface area contributed by atoms with E-state index in [2.05, 4.69) is 5.32 Å². The van der Waals surface area contributed by atoms with Crippen LogP contribution in [-0.4, -0.2) is 33.2 Å². The third-order valence-electron chi connectivity index (χ3n) is 3.70. The van der Waals surface area contributed by atoms with Gasteiger partial charge in [0, 0.05) is 0 Å². The number of hydrogen-bond donors (Lipinski definition) is 1. The lowest BCUT2D eigenvalue weighted by Crippen LogP contribution is -2.45. The minimum atomic E-state index is -3.86. The number of nitrogens with zero attached hydrogens (tertiary/aromatic N) is 1. The Morgan fingerprint density at radius 3 is 2.19 bits per heavy atom. The second-order valence-corrected chi connectivity index (χ2v) is 7.61. The van der Waals surface area contributed by atoms with Crippen LogP contribution in [0.4, 0.5) is 20.2 Å². The van der Waals surface area contributed by atoms with Crippen molar-refractivity contribution in [3.05, 3.63) is 54.1 Å². The summed E-state index contributed by atoms with van der Waals surface area (Å²) in [6, 6.07) is 7.99. The first-order valence-electron chi connectivity index (χ1n) is 8.12. The number of hydrogen-bond acceptors (Lipinski definition) is 4. The lowest BCUT2D eigenvalue weighted by molar-refractivity contribution is -0.116. The molecule has 0 aromatic heterocycles. The molecule has 0 aliphatic carbocycles. The van der Waals surface area contributed by atoms with E-state index in [0.717, 1.165) is 28.8 Å². The minimum absolute atomic E-state index is 0.220. The van der Waals surface area contributed by atoms with E-state index in [9.17, 15) is 22.0 Å². The summed E-state index contributed by atoms with van der Waals surface area (Å²) in [5.41, 5.74) is -0.410. The van der Waals surface area contributed by atoms with Crippen molar-refractivity contribution >= 4 is 27.3 Å². The van der Waals surface area contributed by atoms with Crippen LogP contribution in [0.5, 0.6) is 5.75 Å². The van der Waals surface area contributed by atoms with Gasteiger partial charge in [0.05, 0.1) is 18.6 Å². The van der Waals surface area contributed by atoms with Gasteiger partial charge in [-0.1, -0.05) is 6.07 Å². The smallest absolute Gasteiger partial charge is 0.248 e. The lowest BCUT2D eigenvalue weighted by Gasteiger charge is -2.28. The fourth-order valence-corrected chi connectivity index (χ4v) is 3.68. The van der Waals surface area contributed by atoms with E-state index in [1.54, 1.807) is 12.1 Å². The van der Waals surface area contributed by atoms with Gasteiger partial charge < -0.3 is 10.1 Å². The quantitative estimate of drug-likeness (QED) is 0.777. The number of anilines is 2. The predicted molar refractivity (Wildman–Crippen MR) is 99.4 cm³/mol. The molecular weight excluding hydrogens is 378 g/mol. The number of benzene rings is 2. The Labute approximate surface area is 156 Å². The Morgan fingerprint density at radius 1 is 1.15 bits per heavy atom. The highest BCUT2D eigenvalue weighted by Gasteiger charge is 2.30. The molecule has 2 aromatic rings. The van der Waals surface area contributed by atoms with Crippen molar-refractivity contribution in [1.82, 2.24) is 0 Å². The third kappa shape index (κ3) is 4.94. The molecule has 0 unspecified atom stereocenters. The molecule has 0 spiro atoms. The topological polar surface area (TPSA) is 75.7 Å². The molecule has 1 atom stereocenters. The normalized spacial score (nSPS) is 12.3. The van der Waals surface area contributed by atoms with Gasteiger partial charge in [-0.3, -0.25) is 9.10 Å². The van der Waals surface area contributed by atoms with Gasteiger partial charge >= 0.3 is 0 Å². The molecule has 27 heavy (non-hydrogen) atoms. The zero-order chi connectivity index (χ0) is 20.2. The van der Waals surface area contributed by atoms with Gasteiger partial charge in [-0.25, -0.2) is 17.2 Å². The maximum Gasteiger partial charge on any atom is 0.248 e. The predicted octanol–water partition coefficient (Wildman–Crippen LogP) is 3.16. The first kappa shape index (κ1) is 20.6. The van der Waals surface area contributed by atoms with Crippen LogP contribution >= 0.6 is 0 Å². The Kier molecular flexibility index (Phi) is 6.37. The van der Waals surface area contributed by atoms with Crippen molar-refractivity contribution in [3.63, 3.8) is 0 Å². The monoisotopic (exact) mass is 398 g/mol. The Morgan fingerprint density at radius 2 is 1.70 bits per heavy atom.